The van der Waals surface area contributed by atoms with Crippen LogP contribution in [0.25, 0.3) is 10.6 Å². The molecule has 2 saturated heterocycles. The normalized spacial score (nSPS) is 26.3. The number of rotatable bonds is 3. The summed E-state index contributed by atoms with van der Waals surface area (Å²) in [6, 6.07) is 3.75. The second-order valence-corrected chi connectivity index (χ2v) is 6.78. The van der Waals surface area contributed by atoms with E-state index in [1.165, 1.54) is 36.1 Å². The molecule has 7 heteroatoms. The third-order valence-corrected chi connectivity index (χ3v) is 5.31. The molecule has 0 aromatic carbocycles. The Morgan fingerprint density at radius 3 is 3.05 bits per heavy atom. The van der Waals surface area contributed by atoms with Crippen molar-refractivity contribution in [1.29, 1.82) is 0 Å². The maximum atomic E-state index is 13.2. The number of aromatic nitrogens is 2. The molecule has 2 aromatic heterocycles. The molecule has 0 radical (unpaired) electrons. The van der Waals surface area contributed by atoms with E-state index >= 15 is 0 Å². The Balaban J connectivity index is 1.48. The van der Waals surface area contributed by atoms with Crippen molar-refractivity contribution in [2.75, 3.05) is 0 Å². The molecular weight excluding hydrogens is 303 g/mol. The van der Waals surface area contributed by atoms with Crippen LogP contribution in [-0.4, -0.2) is 34.0 Å². The van der Waals surface area contributed by atoms with Gasteiger partial charge in [0.25, 0.3) is 5.91 Å². The number of nitrogens with zero attached hydrogens (tertiary/aromatic N) is 2. The minimum Gasteiger partial charge on any atom is -0.346 e. The van der Waals surface area contributed by atoms with Crippen LogP contribution in [0.3, 0.4) is 0 Å². The number of fused-ring (bicyclic) bond motifs is 2. The second-order valence-electron chi connectivity index (χ2n) is 5.75. The highest BCUT2D eigenvalue weighted by Gasteiger charge is 2.39. The molecule has 114 valence electrons. The van der Waals surface area contributed by atoms with Gasteiger partial charge in [-0.25, -0.2) is 9.37 Å². The molecule has 2 aliphatic heterocycles. The Morgan fingerprint density at radius 2 is 2.32 bits per heavy atom. The highest BCUT2D eigenvalue weighted by Crippen LogP contribution is 2.29. The lowest BCUT2D eigenvalue weighted by molar-refractivity contribution is 0.0930. The average Bonchev–Trinajstić information content (AvgIpc) is 3.23. The largest absolute Gasteiger partial charge is 0.346 e. The zero-order valence-corrected chi connectivity index (χ0v) is 12.6. The summed E-state index contributed by atoms with van der Waals surface area (Å²) in [5, 5.41) is 6.94. The Bertz CT molecular complexity index is 719. The molecule has 0 spiro atoms. The fourth-order valence-electron chi connectivity index (χ4n) is 3.25. The number of carbonyl (C=O) groups excluding carboxylic acids is 1. The number of hydrogen-bond acceptors (Lipinski definition) is 5. The summed E-state index contributed by atoms with van der Waals surface area (Å²) in [5.41, 5.74) is 0.498. The lowest BCUT2D eigenvalue weighted by Gasteiger charge is -2.20. The maximum Gasteiger partial charge on any atom is 0.280 e. The van der Waals surface area contributed by atoms with Gasteiger partial charge in [-0.3, -0.25) is 9.78 Å². The second kappa shape index (κ2) is 5.40. The quantitative estimate of drug-likeness (QED) is 0.908. The molecule has 4 rings (SSSR count). The van der Waals surface area contributed by atoms with E-state index in [-0.39, 0.29) is 17.8 Å². The van der Waals surface area contributed by atoms with Gasteiger partial charge in [-0.2, -0.15) is 0 Å². The molecule has 1 amide bonds. The smallest absolute Gasteiger partial charge is 0.280 e. The van der Waals surface area contributed by atoms with Crippen LogP contribution in [0.15, 0.2) is 24.5 Å². The first-order chi connectivity index (χ1) is 10.7. The van der Waals surface area contributed by atoms with E-state index in [4.69, 9.17) is 0 Å². The van der Waals surface area contributed by atoms with Crippen LogP contribution in [0.5, 0.6) is 0 Å². The number of carbonyl (C=O) groups is 1. The Kier molecular flexibility index (Phi) is 3.38. The molecule has 22 heavy (non-hydrogen) atoms. The minimum absolute atomic E-state index is 0.160. The number of amides is 1. The summed E-state index contributed by atoms with van der Waals surface area (Å²) in [7, 11) is 0. The van der Waals surface area contributed by atoms with Gasteiger partial charge in [0.2, 0.25) is 0 Å². The first kappa shape index (κ1) is 13.8. The number of thiazole rings is 1. The maximum absolute atomic E-state index is 13.2. The van der Waals surface area contributed by atoms with Gasteiger partial charge in [0.15, 0.2) is 5.01 Å². The highest BCUT2D eigenvalue weighted by molar-refractivity contribution is 7.16. The SMILES string of the molecule is O=C(NC1CC2CCC1N2)c1ncc(-c2cc(F)ccn2)s1. The van der Waals surface area contributed by atoms with Gasteiger partial charge in [0.1, 0.15) is 5.82 Å². The zero-order chi connectivity index (χ0) is 15.1. The monoisotopic (exact) mass is 318 g/mol. The molecule has 2 N–H and O–H groups in total. The topological polar surface area (TPSA) is 66.9 Å². The molecular formula is C15H15FN4OS. The molecule has 0 aliphatic carbocycles. The fourth-order valence-corrected chi connectivity index (χ4v) is 4.04. The highest BCUT2D eigenvalue weighted by atomic mass is 32.1. The number of hydrogen-bond donors (Lipinski definition) is 2. The van der Waals surface area contributed by atoms with E-state index in [1.54, 1.807) is 6.20 Å². The Hall–Kier alpha value is -1.86. The Labute approximate surface area is 131 Å². The van der Waals surface area contributed by atoms with Crippen molar-refractivity contribution in [1.82, 2.24) is 20.6 Å². The van der Waals surface area contributed by atoms with Gasteiger partial charge in [-0.1, -0.05) is 0 Å². The van der Waals surface area contributed by atoms with E-state index in [2.05, 4.69) is 20.6 Å². The molecule has 2 bridgehead atoms. The number of halogens is 1. The molecule has 3 atom stereocenters. The van der Waals surface area contributed by atoms with Crippen molar-refractivity contribution in [3.63, 3.8) is 0 Å². The summed E-state index contributed by atoms with van der Waals surface area (Å²) in [5.74, 6) is -0.510. The Morgan fingerprint density at radius 1 is 1.41 bits per heavy atom. The van der Waals surface area contributed by atoms with Gasteiger partial charge in [-0.15, -0.1) is 11.3 Å². The van der Waals surface area contributed by atoms with Gasteiger partial charge in [-0.05, 0) is 25.3 Å². The summed E-state index contributed by atoms with van der Waals surface area (Å²) in [6.07, 6.45) is 6.28. The van der Waals surface area contributed by atoms with E-state index in [0.717, 1.165) is 12.8 Å². The van der Waals surface area contributed by atoms with Gasteiger partial charge in [0.05, 0.1) is 10.6 Å². The van der Waals surface area contributed by atoms with Crippen molar-refractivity contribution < 1.29 is 9.18 Å². The predicted molar refractivity (Wildman–Crippen MR) is 81.1 cm³/mol. The first-order valence-electron chi connectivity index (χ1n) is 7.34. The van der Waals surface area contributed by atoms with E-state index < -0.39 is 0 Å². The van der Waals surface area contributed by atoms with Crippen molar-refractivity contribution in [3.8, 4) is 10.6 Å². The van der Waals surface area contributed by atoms with Gasteiger partial charge in [0, 0.05) is 36.6 Å². The van der Waals surface area contributed by atoms with Crippen molar-refractivity contribution in [2.45, 2.75) is 37.4 Å². The van der Waals surface area contributed by atoms with Crippen molar-refractivity contribution >= 4 is 17.2 Å². The lowest BCUT2D eigenvalue weighted by Crippen LogP contribution is -2.42. The third kappa shape index (κ3) is 2.50. The minimum atomic E-state index is -0.350. The standard InChI is InChI=1S/C15H15FN4OS/c16-8-3-4-17-12(5-8)13-7-18-15(22-13)14(21)20-11-6-9-1-2-10(11)19-9/h3-5,7,9-11,19H,1-2,6H2,(H,20,21). The fraction of sp³-hybridized carbons (Fsp3) is 0.400. The number of pyridine rings is 1. The number of nitrogens with one attached hydrogen (secondary N) is 2. The van der Waals surface area contributed by atoms with Crippen LogP contribution >= 0.6 is 11.3 Å². The van der Waals surface area contributed by atoms with Gasteiger partial charge >= 0.3 is 0 Å². The van der Waals surface area contributed by atoms with Crippen molar-refractivity contribution in [3.05, 3.63) is 35.4 Å². The molecule has 4 heterocycles. The van der Waals surface area contributed by atoms with E-state index in [9.17, 15) is 9.18 Å². The molecule has 5 nitrogen and oxygen atoms in total. The zero-order valence-electron chi connectivity index (χ0n) is 11.8. The summed E-state index contributed by atoms with van der Waals surface area (Å²) >= 11 is 1.23. The predicted octanol–water partition coefficient (Wildman–Crippen LogP) is 1.97. The summed E-state index contributed by atoms with van der Waals surface area (Å²) < 4.78 is 13.2. The van der Waals surface area contributed by atoms with Crippen molar-refractivity contribution in [2.24, 2.45) is 0 Å². The van der Waals surface area contributed by atoms with Crippen LogP contribution in [0.4, 0.5) is 4.39 Å². The molecule has 2 aliphatic rings. The van der Waals surface area contributed by atoms with Crippen LogP contribution in [0.2, 0.25) is 0 Å². The third-order valence-electron chi connectivity index (χ3n) is 4.29. The average molecular weight is 318 g/mol. The first-order valence-corrected chi connectivity index (χ1v) is 8.15. The molecule has 3 unspecified atom stereocenters. The van der Waals surface area contributed by atoms with Crippen LogP contribution < -0.4 is 10.6 Å². The lowest BCUT2D eigenvalue weighted by atomic mass is 9.95. The molecule has 2 aromatic rings. The molecule has 0 saturated carbocycles. The summed E-state index contributed by atoms with van der Waals surface area (Å²) in [4.78, 5) is 21.2. The summed E-state index contributed by atoms with van der Waals surface area (Å²) in [6.45, 7) is 0. The van der Waals surface area contributed by atoms with Crippen LogP contribution in [-0.2, 0) is 0 Å². The van der Waals surface area contributed by atoms with Crippen LogP contribution in [0, 0.1) is 5.82 Å². The van der Waals surface area contributed by atoms with E-state index in [1.807, 2.05) is 0 Å². The van der Waals surface area contributed by atoms with Crippen LogP contribution in [0.1, 0.15) is 29.1 Å². The van der Waals surface area contributed by atoms with Gasteiger partial charge < -0.3 is 10.6 Å². The molecule has 2 fully saturated rings. The van der Waals surface area contributed by atoms with E-state index in [0.29, 0.717) is 27.7 Å².